The molecule has 0 amide bonds. The molecule has 2 rings (SSSR count). The summed E-state index contributed by atoms with van der Waals surface area (Å²) in [7, 11) is 0. The number of aliphatic hydroxyl groups excluding tert-OH is 1. The second-order valence-electron chi connectivity index (χ2n) is 5.05. The van der Waals surface area contributed by atoms with Crippen LogP contribution >= 0.6 is 0 Å². The summed E-state index contributed by atoms with van der Waals surface area (Å²) in [4.78, 5) is 11.5. The first kappa shape index (κ1) is 14.6. The number of benzene rings is 1. The predicted octanol–water partition coefficient (Wildman–Crippen LogP) is 2.05. The molecule has 0 saturated heterocycles. The van der Waals surface area contributed by atoms with Gasteiger partial charge in [0.25, 0.3) is 0 Å². The van der Waals surface area contributed by atoms with Crippen molar-refractivity contribution in [3.05, 3.63) is 35.0 Å². The quantitative estimate of drug-likeness (QED) is 0.779. The van der Waals surface area contributed by atoms with Gasteiger partial charge in [-0.2, -0.15) is 0 Å². The Hall–Kier alpha value is -1.85. The van der Waals surface area contributed by atoms with E-state index < -0.39 is 12.1 Å². The first-order valence-electron chi connectivity index (χ1n) is 6.71. The van der Waals surface area contributed by atoms with Crippen LogP contribution in [-0.4, -0.2) is 27.3 Å². The van der Waals surface area contributed by atoms with Crippen LogP contribution in [0.3, 0.4) is 0 Å². The van der Waals surface area contributed by atoms with Gasteiger partial charge in [-0.15, -0.1) is 0 Å². The molecule has 1 heterocycles. The number of aromatic carboxylic acids is 1. The number of hydrogen-bond donors (Lipinski definition) is 3. The summed E-state index contributed by atoms with van der Waals surface area (Å²) >= 11 is 0. The molecule has 0 radical (unpaired) electrons. The van der Waals surface area contributed by atoms with Crippen LogP contribution in [0.25, 0.3) is 10.9 Å². The maximum Gasteiger partial charge on any atom is 0.338 e. The van der Waals surface area contributed by atoms with E-state index in [4.69, 9.17) is 5.73 Å². The molecule has 0 aliphatic rings. The van der Waals surface area contributed by atoms with Crippen molar-refractivity contribution in [3.8, 4) is 0 Å². The second kappa shape index (κ2) is 5.64. The van der Waals surface area contributed by atoms with E-state index in [-0.39, 0.29) is 0 Å². The smallest absolute Gasteiger partial charge is 0.338 e. The SMILES string of the molecule is Cc1ccc2c(C(C)O)cn(CCCN)c2c1C(=O)O. The van der Waals surface area contributed by atoms with Gasteiger partial charge in [0, 0.05) is 23.7 Å². The van der Waals surface area contributed by atoms with E-state index in [9.17, 15) is 15.0 Å². The van der Waals surface area contributed by atoms with Crippen molar-refractivity contribution in [1.82, 2.24) is 4.57 Å². The lowest BCUT2D eigenvalue weighted by molar-refractivity contribution is 0.0698. The number of carboxylic acids is 1. The Labute approximate surface area is 117 Å². The highest BCUT2D eigenvalue weighted by Gasteiger charge is 2.20. The minimum absolute atomic E-state index is 0.298. The van der Waals surface area contributed by atoms with Crippen LogP contribution in [0.2, 0.25) is 0 Å². The van der Waals surface area contributed by atoms with Gasteiger partial charge >= 0.3 is 5.97 Å². The van der Waals surface area contributed by atoms with E-state index in [1.165, 1.54) is 0 Å². The molecule has 5 nitrogen and oxygen atoms in total. The molecular weight excluding hydrogens is 256 g/mol. The molecule has 0 aliphatic carbocycles. The van der Waals surface area contributed by atoms with Crippen LogP contribution < -0.4 is 5.73 Å². The summed E-state index contributed by atoms with van der Waals surface area (Å²) in [6, 6.07) is 3.66. The predicted molar refractivity (Wildman–Crippen MR) is 77.9 cm³/mol. The highest BCUT2D eigenvalue weighted by molar-refractivity contribution is 6.04. The summed E-state index contributed by atoms with van der Waals surface area (Å²) in [5.41, 5.74) is 7.97. The van der Waals surface area contributed by atoms with Crippen molar-refractivity contribution in [2.45, 2.75) is 32.9 Å². The van der Waals surface area contributed by atoms with Crippen molar-refractivity contribution in [2.24, 2.45) is 5.73 Å². The molecule has 1 atom stereocenters. The first-order chi connectivity index (χ1) is 9.47. The molecule has 108 valence electrons. The minimum atomic E-state index is -0.947. The maximum atomic E-state index is 11.5. The zero-order valence-electron chi connectivity index (χ0n) is 11.8. The minimum Gasteiger partial charge on any atom is -0.478 e. The van der Waals surface area contributed by atoms with Crippen LogP contribution in [0.15, 0.2) is 18.3 Å². The lowest BCUT2D eigenvalue weighted by Crippen LogP contribution is -2.08. The van der Waals surface area contributed by atoms with E-state index in [0.29, 0.717) is 29.7 Å². The van der Waals surface area contributed by atoms with E-state index in [1.54, 1.807) is 19.9 Å². The summed E-state index contributed by atoms with van der Waals surface area (Å²) in [6.07, 6.45) is 1.95. The topological polar surface area (TPSA) is 88.5 Å². The van der Waals surface area contributed by atoms with Gasteiger partial charge in [0.15, 0.2) is 0 Å². The van der Waals surface area contributed by atoms with Crippen molar-refractivity contribution in [3.63, 3.8) is 0 Å². The number of rotatable bonds is 5. The van der Waals surface area contributed by atoms with Crippen LogP contribution in [0.1, 0.15) is 40.9 Å². The lowest BCUT2D eigenvalue weighted by atomic mass is 10.0. The van der Waals surface area contributed by atoms with E-state index >= 15 is 0 Å². The molecule has 1 aromatic carbocycles. The average molecular weight is 276 g/mol. The molecule has 5 heteroatoms. The van der Waals surface area contributed by atoms with Crippen molar-refractivity contribution < 1.29 is 15.0 Å². The number of aryl methyl sites for hydroxylation is 2. The van der Waals surface area contributed by atoms with Crippen molar-refractivity contribution in [2.75, 3.05) is 6.54 Å². The Kier molecular flexibility index (Phi) is 4.11. The fraction of sp³-hybridized carbons (Fsp3) is 0.400. The fourth-order valence-electron chi connectivity index (χ4n) is 2.57. The molecule has 0 aliphatic heterocycles. The van der Waals surface area contributed by atoms with E-state index in [1.807, 2.05) is 16.8 Å². The monoisotopic (exact) mass is 276 g/mol. The highest BCUT2D eigenvalue weighted by atomic mass is 16.4. The number of fused-ring (bicyclic) bond motifs is 1. The number of aromatic nitrogens is 1. The lowest BCUT2D eigenvalue weighted by Gasteiger charge is -2.09. The Morgan fingerprint density at radius 1 is 1.45 bits per heavy atom. The van der Waals surface area contributed by atoms with Gasteiger partial charge in [-0.05, 0) is 32.4 Å². The zero-order chi connectivity index (χ0) is 14.9. The molecule has 0 bridgehead atoms. The highest BCUT2D eigenvalue weighted by Crippen LogP contribution is 2.31. The molecule has 20 heavy (non-hydrogen) atoms. The number of aliphatic hydroxyl groups is 1. The third-order valence-corrected chi connectivity index (χ3v) is 3.55. The second-order valence-corrected chi connectivity index (χ2v) is 5.05. The molecule has 1 aromatic heterocycles. The van der Waals surface area contributed by atoms with Gasteiger partial charge in [0.05, 0.1) is 17.2 Å². The number of carboxylic acid groups (broad SMARTS) is 1. The number of nitrogens with two attached hydrogens (primary N) is 1. The normalized spacial score (nSPS) is 12.8. The molecular formula is C15H20N2O3. The molecule has 4 N–H and O–H groups in total. The van der Waals surface area contributed by atoms with E-state index in [0.717, 1.165) is 17.4 Å². The van der Waals surface area contributed by atoms with Crippen LogP contribution in [-0.2, 0) is 6.54 Å². The van der Waals surface area contributed by atoms with Gasteiger partial charge in [-0.25, -0.2) is 4.79 Å². The Morgan fingerprint density at radius 2 is 2.15 bits per heavy atom. The summed E-state index contributed by atoms with van der Waals surface area (Å²) in [6.45, 7) is 4.65. The Balaban J connectivity index is 2.76. The van der Waals surface area contributed by atoms with Gasteiger partial charge < -0.3 is 20.5 Å². The van der Waals surface area contributed by atoms with Crippen molar-refractivity contribution in [1.29, 1.82) is 0 Å². The van der Waals surface area contributed by atoms with Gasteiger partial charge in [-0.3, -0.25) is 0 Å². The van der Waals surface area contributed by atoms with Gasteiger partial charge in [0.1, 0.15) is 0 Å². The Morgan fingerprint density at radius 3 is 2.70 bits per heavy atom. The summed E-state index contributed by atoms with van der Waals surface area (Å²) in [5, 5.41) is 20.1. The molecule has 0 fully saturated rings. The summed E-state index contributed by atoms with van der Waals surface area (Å²) < 4.78 is 1.89. The van der Waals surface area contributed by atoms with Crippen LogP contribution in [0.5, 0.6) is 0 Å². The zero-order valence-corrected chi connectivity index (χ0v) is 11.8. The number of nitrogens with zero attached hydrogens (tertiary/aromatic N) is 1. The van der Waals surface area contributed by atoms with Crippen LogP contribution in [0.4, 0.5) is 0 Å². The largest absolute Gasteiger partial charge is 0.478 e. The van der Waals surface area contributed by atoms with Crippen molar-refractivity contribution >= 4 is 16.9 Å². The average Bonchev–Trinajstić information content (AvgIpc) is 2.74. The van der Waals surface area contributed by atoms with Gasteiger partial charge in [-0.1, -0.05) is 12.1 Å². The Bertz CT molecular complexity index is 644. The molecule has 0 saturated carbocycles. The first-order valence-corrected chi connectivity index (χ1v) is 6.71. The molecule has 2 aromatic rings. The summed E-state index contributed by atoms with van der Waals surface area (Å²) in [5.74, 6) is -0.947. The third-order valence-electron chi connectivity index (χ3n) is 3.55. The standard InChI is InChI=1S/C15H20N2O3/c1-9-4-5-11-12(10(2)18)8-17(7-3-6-16)14(11)13(9)15(19)20/h4-5,8,10,18H,3,6-7,16H2,1-2H3,(H,19,20). The van der Waals surface area contributed by atoms with Gasteiger partial charge in [0.2, 0.25) is 0 Å². The van der Waals surface area contributed by atoms with Crippen LogP contribution in [0, 0.1) is 6.92 Å². The number of carbonyl (C=O) groups is 1. The molecule has 1 unspecified atom stereocenters. The van der Waals surface area contributed by atoms with E-state index in [2.05, 4.69) is 0 Å². The third kappa shape index (κ3) is 2.42. The number of hydrogen-bond acceptors (Lipinski definition) is 3. The molecule has 0 spiro atoms. The fourth-order valence-corrected chi connectivity index (χ4v) is 2.57. The maximum absolute atomic E-state index is 11.5.